The Morgan fingerprint density at radius 3 is 2.72 bits per heavy atom. The van der Waals surface area contributed by atoms with Crippen molar-refractivity contribution in [2.24, 2.45) is 0 Å². The molecule has 7 heteroatoms. The maximum absolute atomic E-state index is 13.4. The standard InChI is InChI=1S/C18H18FN5O/c1-23-8-10-24(11-9-23)17-15(6-3-7-20-17)18-21-16(22-25-18)13-4-2-5-14(19)12-13/h2-7,12H,8-11H2,1H3. The molecule has 1 aliphatic heterocycles. The van der Waals surface area contributed by atoms with Gasteiger partial charge in [-0.15, -0.1) is 0 Å². The Kier molecular flexibility index (Phi) is 4.15. The highest BCUT2D eigenvalue weighted by atomic mass is 19.1. The van der Waals surface area contributed by atoms with Crippen LogP contribution < -0.4 is 4.90 Å². The Balaban J connectivity index is 1.67. The second kappa shape index (κ2) is 6.60. The van der Waals surface area contributed by atoms with Crippen LogP contribution in [0.2, 0.25) is 0 Å². The predicted octanol–water partition coefficient (Wildman–Crippen LogP) is 2.69. The third-order valence-electron chi connectivity index (χ3n) is 4.33. The molecular formula is C18H18FN5O. The van der Waals surface area contributed by atoms with Gasteiger partial charge in [0.15, 0.2) is 0 Å². The van der Waals surface area contributed by atoms with Crippen molar-refractivity contribution < 1.29 is 8.91 Å². The van der Waals surface area contributed by atoms with Gasteiger partial charge in [-0.25, -0.2) is 9.37 Å². The highest BCUT2D eigenvalue weighted by Gasteiger charge is 2.21. The van der Waals surface area contributed by atoms with Crippen molar-refractivity contribution in [1.29, 1.82) is 0 Å². The van der Waals surface area contributed by atoms with E-state index in [2.05, 4.69) is 32.0 Å². The van der Waals surface area contributed by atoms with E-state index in [-0.39, 0.29) is 5.82 Å². The Morgan fingerprint density at radius 2 is 1.92 bits per heavy atom. The number of hydrogen-bond donors (Lipinski definition) is 0. The molecular weight excluding hydrogens is 321 g/mol. The summed E-state index contributed by atoms with van der Waals surface area (Å²) in [5.74, 6) is 1.26. The predicted molar refractivity (Wildman–Crippen MR) is 92.6 cm³/mol. The zero-order valence-corrected chi connectivity index (χ0v) is 13.9. The number of aromatic nitrogens is 3. The molecule has 0 unspecified atom stereocenters. The second-order valence-electron chi connectivity index (χ2n) is 6.10. The molecule has 1 aromatic carbocycles. The molecule has 0 spiro atoms. The molecule has 1 fully saturated rings. The molecule has 6 nitrogen and oxygen atoms in total. The molecule has 0 aliphatic carbocycles. The number of rotatable bonds is 3. The highest BCUT2D eigenvalue weighted by molar-refractivity contribution is 5.71. The molecule has 4 rings (SSSR count). The zero-order chi connectivity index (χ0) is 17.2. The Morgan fingerprint density at radius 1 is 1.08 bits per heavy atom. The van der Waals surface area contributed by atoms with Crippen LogP contribution in [0.15, 0.2) is 47.1 Å². The van der Waals surface area contributed by atoms with E-state index in [1.807, 2.05) is 12.1 Å². The second-order valence-corrected chi connectivity index (χ2v) is 6.10. The van der Waals surface area contributed by atoms with Crippen molar-refractivity contribution in [1.82, 2.24) is 20.0 Å². The molecule has 0 N–H and O–H groups in total. The fraction of sp³-hybridized carbons (Fsp3) is 0.278. The lowest BCUT2D eigenvalue weighted by Crippen LogP contribution is -2.45. The lowest BCUT2D eigenvalue weighted by atomic mass is 10.2. The van der Waals surface area contributed by atoms with Crippen LogP contribution in [-0.4, -0.2) is 53.3 Å². The molecule has 1 aliphatic rings. The van der Waals surface area contributed by atoms with Gasteiger partial charge in [0.05, 0.1) is 5.56 Å². The van der Waals surface area contributed by atoms with Crippen LogP contribution >= 0.6 is 0 Å². The van der Waals surface area contributed by atoms with E-state index in [4.69, 9.17) is 4.52 Å². The Labute approximate surface area is 144 Å². The average molecular weight is 339 g/mol. The molecule has 3 aromatic rings. The number of anilines is 1. The van der Waals surface area contributed by atoms with E-state index in [9.17, 15) is 4.39 Å². The number of likely N-dealkylation sites (N-methyl/N-ethyl adjacent to an activating group) is 1. The topological polar surface area (TPSA) is 58.3 Å². The van der Waals surface area contributed by atoms with Crippen LogP contribution in [-0.2, 0) is 0 Å². The molecule has 0 atom stereocenters. The van der Waals surface area contributed by atoms with Gasteiger partial charge in [-0.1, -0.05) is 17.3 Å². The SMILES string of the molecule is CN1CCN(c2ncccc2-c2nc(-c3cccc(F)c3)no2)CC1. The largest absolute Gasteiger partial charge is 0.353 e. The van der Waals surface area contributed by atoms with Crippen molar-refractivity contribution in [2.45, 2.75) is 0 Å². The molecule has 0 bridgehead atoms. The summed E-state index contributed by atoms with van der Waals surface area (Å²) in [5.41, 5.74) is 1.38. The van der Waals surface area contributed by atoms with Gasteiger partial charge in [0.2, 0.25) is 5.82 Å². The lowest BCUT2D eigenvalue weighted by Gasteiger charge is -2.33. The fourth-order valence-electron chi connectivity index (χ4n) is 2.91. The van der Waals surface area contributed by atoms with E-state index >= 15 is 0 Å². The number of pyridine rings is 1. The minimum absolute atomic E-state index is 0.330. The molecule has 0 saturated carbocycles. The van der Waals surface area contributed by atoms with E-state index in [1.54, 1.807) is 18.3 Å². The van der Waals surface area contributed by atoms with Gasteiger partial charge in [-0.05, 0) is 31.3 Å². The van der Waals surface area contributed by atoms with E-state index in [0.29, 0.717) is 17.3 Å². The van der Waals surface area contributed by atoms with E-state index in [0.717, 1.165) is 37.6 Å². The number of benzene rings is 1. The van der Waals surface area contributed by atoms with Crippen LogP contribution in [0, 0.1) is 5.82 Å². The van der Waals surface area contributed by atoms with Crippen molar-refractivity contribution in [3.05, 3.63) is 48.4 Å². The summed E-state index contributed by atoms with van der Waals surface area (Å²) in [7, 11) is 2.11. The molecule has 0 amide bonds. The van der Waals surface area contributed by atoms with Gasteiger partial charge in [-0.2, -0.15) is 4.98 Å². The molecule has 25 heavy (non-hydrogen) atoms. The van der Waals surface area contributed by atoms with Crippen LogP contribution in [0.25, 0.3) is 22.8 Å². The van der Waals surface area contributed by atoms with E-state index < -0.39 is 0 Å². The molecule has 1 saturated heterocycles. The first-order valence-electron chi connectivity index (χ1n) is 8.19. The van der Waals surface area contributed by atoms with Crippen LogP contribution in [0.3, 0.4) is 0 Å². The highest BCUT2D eigenvalue weighted by Crippen LogP contribution is 2.29. The van der Waals surface area contributed by atoms with Gasteiger partial charge in [0.1, 0.15) is 11.6 Å². The summed E-state index contributed by atoms with van der Waals surface area (Å²) < 4.78 is 18.9. The number of nitrogens with zero attached hydrogens (tertiary/aromatic N) is 5. The minimum atomic E-state index is -0.330. The number of hydrogen-bond acceptors (Lipinski definition) is 6. The van der Waals surface area contributed by atoms with E-state index in [1.165, 1.54) is 12.1 Å². The van der Waals surface area contributed by atoms with Crippen molar-refractivity contribution in [3.63, 3.8) is 0 Å². The molecule has 3 heterocycles. The summed E-state index contributed by atoms with van der Waals surface area (Å²) in [6, 6.07) is 9.92. The first kappa shape index (κ1) is 15.7. The van der Waals surface area contributed by atoms with Gasteiger partial charge >= 0.3 is 0 Å². The summed E-state index contributed by atoms with van der Waals surface area (Å²) in [4.78, 5) is 13.5. The van der Waals surface area contributed by atoms with Gasteiger partial charge < -0.3 is 14.3 Å². The van der Waals surface area contributed by atoms with Crippen molar-refractivity contribution in [2.75, 3.05) is 38.1 Å². The maximum atomic E-state index is 13.4. The monoisotopic (exact) mass is 339 g/mol. The third kappa shape index (κ3) is 3.23. The lowest BCUT2D eigenvalue weighted by molar-refractivity contribution is 0.312. The summed E-state index contributed by atoms with van der Waals surface area (Å²) in [5, 5.41) is 3.99. The van der Waals surface area contributed by atoms with Crippen LogP contribution in [0.1, 0.15) is 0 Å². The molecule has 128 valence electrons. The van der Waals surface area contributed by atoms with Crippen LogP contribution in [0.4, 0.5) is 10.2 Å². The summed E-state index contributed by atoms with van der Waals surface area (Å²) in [6.07, 6.45) is 1.76. The van der Waals surface area contributed by atoms with Crippen LogP contribution in [0.5, 0.6) is 0 Å². The number of piperazine rings is 1. The summed E-state index contributed by atoms with van der Waals surface area (Å²) in [6.45, 7) is 3.75. The third-order valence-corrected chi connectivity index (χ3v) is 4.33. The Bertz CT molecular complexity index is 873. The fourth-order valence-corrected chi connectivity index (χ4v) is 2.91. The van der Waals surface area contributed by atoms with Gasteiger partial charge in [0, 0.05) is 37.9 Å². The Hall–Kier alpha value is -2.80. The number of halogens is 1. The zero-order valence-electron chi connectivity index (χ0n) is 13.9. The first-order chi connectivity index (χ1) is 12.2. The van der Waals surface area contributed by atoms with Crippen molar-refractivity contribution >= 4 is 5.82 Å². The maximum Gasteiger partial charge on any atom is 0.261 e. The van der Waals surface area contributed by atoms with Gasteiger partial charge in [-0.3, -0.25) is 0 Å². The summed E-state index contributed by atoms with van der Waals surface area (Å²) >= 11 is 0. The average Bonchev–Trinajstić information content (AvgIpc) is 3.12. The van der Waals surface area contributed by atoms with Gasteiger partial charge in [0.25, 0.3) is 5.89 Å². The molecule has 2 aromatic heterocycles. The minimum Gasteiger partial charge on any atom is -0.353 e. The first-order valence-corrected chi connectivity index (χ1v) is 8.19. The quantitative estimate of drug-likeness (QED) is 0.731. The normalized spacial score (nSPS) is 15.5. The van der Waals surface area contributed by atoms with Crippen molar-refractivity contribution in [3.8, 4) is 22.8 Å². The molecule has 0 radical (unpaired) electrons. The smallest absolute Gasteiger partial charge is 0.261 e.